The molecule has 0 atom stereocenters. The first-order valence-electron chi connectivity index (χ1n) is 16.6. The molecule has 0 spiro atoms. The Morgan fingerprint density at radius 3 is 1.22 bits per heavy atom. The van der Waals surface area contributed by atoms with Crippen LogP contribution in [0.25, 0.3) is 11.1 Å². The van der Waals surface area contributed by atoms with E-state index in [9.17, 15) is 0 Å². The fraction of sp³-hybridized carbons (Fsp3) is 0.293. The molecular weight excluding hydrogens is 548 g/mol. The number of hydrogen-bond donors (Lipinski definition) is 1. The van der Waals surface area contributed by atoms with Crippen molar-refractivity contribution >= 4 is 33.9 Å². The molecule has 0 saturated carbocycles. The zero-order valence-corrected chi connectivity index (χ0v) is 28.1. The maximum absolute atomic E-state index is 8.02. The van der Waals surface area contributed by atoms with Gasteiger partial charge in [-0.25, -0.2) is 0 Å². The van der Waals surface area contributed by atoms with E-state index in [0.717, 1.165) is 56.0 Å². The van der Waals surface area contributed by atoms with Gasteiger partial charge in [0.05, 0.1) is 5.71 Å². The lowest BCUT2D eigenvalue weighted by Gasteiger charge is -2.22. The minimum Gasteiger partial charge on any atom is -0.372 e. The van der Waals surface area contributed by atoms with E-state index in [2.05, 4.69) is 147 Å². The fourth-order valence-corrected chi connectivity index (χ4v) is 5.93. The van der Waals surface area contributed by atoms with Crippen LogP contribution in [0.5, 0.6) is 0 Å². The molecule has 0 aliphatic heterocycles. The molecule has 3 aromatic rings. The Hall–Kier alpha value is -4.57. The molecule has 1 aliphatic rings. The number of nitrogens with zero attached hydrogens (tertiary/aromatic N) is 3. The van der Waals surface area contributed by atoms with E-state index in [1.807, 2.05) is 24.3 Å². The standard InChI is InChI=1S/C41H50N4/c1-7-43(8-2)37-26-18-33(19-27-37)40(32-16-24-36(42)25-17-32)14-13-15-41(34-20-28-38(29-21-34)44(9-3)10-4)35-22-30-39(31-23-35)45(11-5)12-6/h13-31,42H,7-12H2,1-6H3. The van der Waals surface area contributed by atoms with E-state index in [1.165, 1.54) is 33.8 Å². The van der Waals surface area contributed by atoms with E-state index in [1.54, 1.807) is 0 Å². The molecular formula is C41H50N4. The third-order valence-electron chi connectivity index (χ3n) is 8.64. The first kappa shape index (κ1) is 33.3. The van der Waals surface area contributed by atoms with E-state index in [0.29, 0.717) is 5.71 Å². The number of allylic oxidation sites excluding steroid dienone is 9. The van der Waals surface area contributed by atoms with E-state index in [-0.39, 0.29) is 0 Å². The minimum atomic E-state index is 0.516. The molecule has 1 N–H and O–H groups in total. The zero-order valence-electron chi connectivity index (χ0n) is 28.1. The molecule has 0 bridgehead atoms. The molecule has 0 radical (unpaired) electrons. The molecule has 1 aliphatic carbocycles. The van der Waals surface area contributed by atoms with Crippen LogP contribution in [-0.4, -0.2) is 45.0 Å². The van der Waals surface area contributed by atoms with Gasteiger partial charge in [0.2, 0.25) is 0 Å². The van der Waals surface area contributed by atoms with Gasteiger partial charge < -0.3 is 20.1 Å². The Balaban J connectivity index is 1.77. The SMILES string of the molecule is CCN(CC)c1ccc(C(=CC=CC(=C2C=CC(=N)C=C2)c2ccc(N(CC)CC)cc2)c2ccc(N(CC)CC)cc2)cc1. The Labute approximate surface area is 271 Å². The summed E-state index contributed by atoms with van der Waals surface area (Å²) >= 11 is 0. The van der Waals surface area contributed by atoms with Crippen LogP contribution in [0, 0.1) is 5.41 Å². The van der Waals surface area contributed by atoms with Crippen molar-refractivity contribution in [2.45, 2.75) is 41.5 Å². The third kappa shape index (κ3) is 8.33. The Bertz CT molecular complexity index is 1460. The van der Waals surface area contributed by atoms with Crippen molar-refractivity contribution in [2.24, 2.45) is 0 Å². The topological polar surface area (TPSA) is 33.6 Å². The first-order chi connectivity index (χ1) is 22.0. The average Bonchev–Trinajstić information content (AvgIpc) is 3.08. The summed E-state index contributed by atoms with van der Waals surface area (Å²) in [5.74, 6) is 0. The lowest BCUT2D eigenvalue weighted by molar-refractivity contribution is 0.866. The predicted octanol–water partition coefficient (Wildman–Crippen LogP) is 9.81. The van der Waals surface area contributed by atoms with Crippen molar-refractivity contribution in [3.8, 4) is 0 Å². The number of rotatable bonds is 14. The second-order valence-electron chi connectivity index (χ2n) is 11.1. The Kier molecular flexibility index (Phi) is 12.2. The fourth-order valence-electron chi connectivity index (χ4n) is 5.93. The highest BCUT2D eigenvalue weighted by molar-refractivity contribution is 6.04. The van der Waals surface area contributed by atoms with E-state index >= 15 is 0 Å². The number of benzene rings is 3. The minimum absolute atomic E-state index is 0.516. The smallest absolute Gasteiger partial charge is 0.0540 e. The van der Waals surface area contributed by atoms with Crippen molar-refractivity contribution in [1.82, 2.24) is 0 Å². The van der Waals surface area contributed by atoms with Gasteiger partial charge >= 0.3 is 0 Å². The van der Waals surface area contributed by atoms with Crippen molar-refractivity contribution in [3.63, 3.8) is 0 Å². The van der Waals surface area contributed by atoms with Crippen LogP contribution >= 0.6 is 0 Å². The van der Waals surface area contributed by atoms with Crippen LogP contribution < -0.4 is 14.7 Å². The molecule has 0 saturated heterocycles. The maximum Gasteiger partial charge on any atom is 0.0540 e. The van der Waals surface area contributed by atoms with Crippen LogP contribution in [0.15, 0.2) is 121 Å². The van der Waals surface area contributed by atoms with E-state index < -0.39 is 0 Å². The summed E-state index contributed by atoms with van der Waals surface area (Å²) in [6, 6.07) is 26.8. The zero-order chi connectivity index (χ0) is 32.2. The summed E-state index contributed by atoms with van der Waals surface area (Å²) in [5.41, 5.74) is 11.2. The van der Waals surface area contributed by atoms with Crippen molar-refractivity contribution < 1.29 is 0 Å². The lowest BCUT2D eigenvalue weighted by atomic mass is 9.94. The highest BCUT2D eigenvalue weighted by Crippen LogP contribution is 2.30. The largest absolute Gasteiger partial charge is 0.372 e. The molecule has 4 heteroatoms. The molecule has 0 amide bonds. The Morgan fingerprint density at radius 1 is 0.511 bits per heavy atom. The van der Waals surface area contributed by atoms with Gasteiger partial charge in [0, 0.05) is 56.3 Å². The second-order valence-corrected chi connectivity index (χ2v) is 11.1. The summed E-state index contributed by atoms with van der Waals surface area (Å²) in [4.78, 5) is 7.11. The second kappa shape index (κ2) is 16.5. The first-order valence-corrected chi connectivity index (χ1v) is 16.6. The van der Waals surface area contributed by atoms with Gasteiger partial charge in [-0.05, 0) is 124 Å². The van der Waals surface area contributed by atoms with Gasteiger partial charge in [-0.1, -0.05) is 66.8 Å². The van der Waals surface area contributed by atoms with Crippen LogP contribution in [0.4, 0.5) is 17.1 Å². The molecule has 0 unspecified atom stereocenters. The van der Waals surface area contributed by atoms with Crippen LogP contribution in [0.2, 0.25) is 0 Å². The molecule has 3 aromatic carbocycles. The molecule has 234 valence electrons. The number of hydrogen-bond acceptors (Lipinski definition) is 4. The monoisotopic (exact) mass is 598 g/mol. The highest BCUT2D eigenvalue weighted by Gasteiger charge is 2.11. The normalized spacial score (nSPS) is 12.5. The van der Waals surface area contributed by atoms with E-state index in [4.69, 9.17) is 5.41 Å². The van der Waals surface area contributed by atoms with Gasteiger partial charge in [-0.15, -0.1) is 0 Å². The van der Waals surface area contributed by atoms with Gasteiger partial charge in [-0.2, -0.15) is 0 Å². The summed E-state index contributed by atoms with van der Waals surface area (Å²) in [6.07, 6.45) is 14.4. The predicted molar refractivity (Wildman–Crippen MR) is 199 cm³/mol. The number of nitrogens with one attached hydrogen (secondary N) is 1. The quantitative estimate of drug-likeness (QED) is 0.188. The van der Waals surface area contributed by atoms with Crippen LogP contribution in [0.1, 0.15) is 58.2 Å². The van der Waals surface area contributed by atoms with Gasteiger partial charge in [0.1, 0.15) is 0 Å². The number of anilines is 3. The van der Waals surface area contributed by atoms with Crippen molar-refractivity contribution in [2.75, 3.05) is 54.0 Å². The van der Waals surface area contributed by atoms with Crippen molar-refractivity contribution in [1.29, 1.82) is 5.41 Å². The lowest BCUT2D eigenvalue weighted by Crippen LogP contribution is -2.21. The van der Waals surface area contributed by atoms with Crippen molar-refractivity contribution in [3.05, 3.63) is 138 Å². The molecule has 4 rings (SSSR count). The average molecular weight is 599 g/mol. The third-order valence-corrected chi connectivity index (χ3v) is 8.64. The van der Waals surface area contributed by atoms with Crippen LogP contribution in [0.3, 0.4) is 0 Å². The van der Waals surface area contributed by atoms with Gasteiger partial charge in [-0.3, -0.25) is 0 Å². The summed E-state index contributed by atoms with van der Waals surface area (Å²) in [5, 5.41) is 8.02. The molecule has 0 heterocycles. The summed E-state index contributed by atoms with van der Waals surface area (Å²) < 4.78 is 0. The molecule has 0 aromatic heterocycles. The molecule has 45 heavy (non-hydrogen) atoms. The molecule has 4 nitrogen and oxygen atoms in total. The summed E-state index contributed by atoms with van der Waals surface area (Å²) in [6.45, 7) is 19.1. The van der Waals surface area contributed by atoms with Crippen LogP contribution in [-0.2, 0) is 0 Å². The van der Waals surface area contributed by atoms with Gasteiger partial charge in [0.15, 0.2) is 0 Å². The van der Waals surface area contributed by atoms with Gasteiger partial charge in [0.25, 0.3) is 0 Å². The Morgan fingerprint density at radius 2 is 0.867 bits per heavy atom. The maximum atomic E-state index is 8.02. The summed E-state index contributed by atoms with van der Waals surface area (Å²) in [7, 11) is 0. The highest BCUT2D eigenvalue weighted by atomic mass is 15.1. The molecule has 0 fully saturated rings.